The summed E-state index contributed by atoms with van der Waals surface area (Å²) in [5.74, 6) is 0.617. The normalized spacial score (nSPS) is 11.2. The number of hydrogen-bond acceptors (Lipinski definition) is 4. The topological polar surface area (TPSA) is 56.5 Å². The first-order chi connectivity index (χ1) is 17.6. The summed E-state index contributed by atoms with van der Waals surface area (Å²) in [5, 5.41) is 0.474. The van der Waals surface area contributed by atoms with Crippen LogP contribution in [0.4, 0.5) is 0 Å². The zero-order chi connectivity index (χ0) is 25.3. The third kappa shape index (κ3) is 6.10. The Labute approximate surface area is 217 Å². The summed E-state index contributed by atoms with van der Waals surface area (Å²) in [7, 11) is 1.40. The number of methoxy groups -OCH3 is 1. The summed E-state index contributed by atoms with van der Waals surface area (Å²) in [6, 6.07) is 25.8. The molecule has 1 aromatic heterocycles. The van der Waals surface area contributed by atoms with Gasteiger partial charge in [-0.3, -0.25) is 4.99 Å². The molecule has 36 heavy (non-hydrogen) atoms. The molecular formula is C30H30ClN3O2. The number of ether oxygens (including phenoxy) is 1. The minimum absolute atomic E-state index is 0.345. The number of aliphatic imine (C=N–C) groups is 1. The van der Waals surface area contributed by atoms with E-state index in [0.717, 1.165) is 53.0 Å². The number of hydrogen-bond donors (Lipinski definition) is 0. The van der Waals surface area contributed by atoms with Crippen LogP contribution in [-0.4, -0.2) is 28.8 Å². The molecule has 0 atom stereocenters. The molecular weight excluding hydrogens is 470 g/mol. The summed E-state index contributed by atoms with van der Waals surface area (Å²) in [6.07, 6.45) is 4.81. The van der Waals surface area contributed by atoms with E-state index < -0.39 is 0 Å². The van der Waals surface area contributed by atoms with Crippen molar-refractivity contribution in [2.75, 3.05) is 7.11 Å². The highest BCUT2D eigenvalue weighted by molar-refractivity contribution is 6.31. The Morgan fingerprint density at radius 1 is 1.00 bits per heavy atom. The molecule has 0 saturated heterocycles. The molecule has 0 amide bonds. The predicted molar refractivity (Wildman–Crippen MR) is 146 cm³/mol. The third-order valence-corrected chi connectivity index (χ3v) is 6.34. The molecule has 3 aromatic carbocycles. The number of halogens is 1. The number of aromatic nitrogens is 2. The molecule has 0 bridgehead atoms. The molecule has 0 saturated carbocycles. The lowest BCUT2D eigenvalue weighted by molar-refractivity contribution is 0.0601. The van der Waals surface area contributed by atoms with Gasteiger partial charge in [0.2, 0.25) is 0 Å². The van der Waals surface area contributed by atoms with Crippen LogP contribution in [0.2, 0.25) is 5.15 Å². The standard InChI is InChI=1S/C30H30ClN3O2/c1-3-4-14-28-33-29(31)27(20-32-19-22-10-6-5-7-11-22)34(28)21-23-15-17-24(18-16-23)25-12-8-9-13-26(25)30(35)36-2/h5-13,15-18,20H,3-4,14,19,21H2,1-2H3. The maximum atomic E-state index is 12.2. The average molecular weight is 500 g/mol. The molecule has 1 heterocycles. The van der Waals surface area contributed by atoms with Gasteiger partial charge in [0.15, 0.2) is 5.15 Å². The first-order valence-corrected chi connectivity index (χ1v) is 12.5. The molecule has 0 aliphatic carbocycles. The van der Waals surface area contributed by atoms with Crippen LogP contribution >= 0.6 is 11.6 Å². The molecule has 6 heteroatoms. The highest BCUT2D eigenvalue weighted by Crippen LogP contribution is 2.26. The van der Waals surface area contributed by atoms with Crippen LogP contribution in [0.15, 0.2) is 83.9 Å². The highest BCUT2D eigenvalue weighted by Gasteiger charge is 2.16. The van der Waals surface area contributed by atoms with Gasteiger partial charge in [0.1, 0.15) is 5.82 Å². The molecule has 0 spiro atoms. The van der Waals surface area contributed by atoms with E-state index in [1.807, 2.05) is 54.7 Å². The minimum atomic E-state index is -0.345. The molecule has 184 valence electrons. The van der Waals surface area contributed by atoms with Gasteiger partial charge in [-0.25, -0.2) is 9.78 Å². The second kappa shape index (κ2) is 12.3. The van der Waals surface area contributed by atoms with Crippen LogP contribution in [-0.2, 0) is 24.2 Å². The monoisotopic (exact) mass is 499 g/mol. The predicted octanol–water partition coefficient (Wildman–Crippen LogP) is 7.00. The van der Waals surface area contributed by atoms with Crippen molar-refractivity contribution in [2.45, 2.75) is 39.3 Å². The molecule has 0 radical (unpaired) electrons. The molecule has 4 aromatic rings. The Morgan fingerprint density at radius 3 is 2.44 bits per heavy atom. The van der Waals surface area contributed by atoms with E-state index in [2.05, 4.69) is 45.7 Å². The van der Waals surface area contributed by atoms with E-state index in [0.29, 0.717) is 23.8 Å². The van der Waals surface area contributed by atoms with Crippen LogP contribution in [0.25, 0.3) is 11.1 Å². The lowest BCUT2D eigenvalue weighted by Crippen LogP contribution is -2.09. The van der Waals surface area contributed by atoms with Gasteiger partial charge in [0.05, 0.1) is 24.9 Å². The van der Waals surface area contributed by atoms with Crippen molar-refractivity contribution in [3.05, 3.63) is 112 Å². The summed E-state index contributed by atoms with van der Waals surface area (Å²) in [6.45, 7) is 3.38. The fraction of sp³-hybridized carbons (Fsp3) is 0.233. The summed E-state index contributed by atoms with van der Waals surface area (Å²) in [4.78, 5) is 21.5. The van der Waals surface area contributed by atoms with Crippen molar-refractivity contribution in [1.29, 1.82) is 0 Å². The second-order valence-corrected chi connectivity index (χ2v) is 8.94. The third-order valence-electron chi connectivity index (χ3n) is 6.06. The number of unbranched alkanes of at least 4 members (excludes halogenated alkanes) is 1. The van der Waals surface area contributed by atoms with Crippen LogP contribution in [0, 0.1) is 0 Å². The number of rotatable bonds is 10. The Hall–Kier alpha value is -3.70. The first-order valence-electron chi connectivity index (χ1n) is 12.2. The largest absolute Gasteiger partial charge is 0.465 e. The quantitative estimate of drug-likeness (QED) is 0.174. The Bertz CT molecular complexity index is 1330. The van der Waals surface area contributed by atoms with Crippen molar-refractivity contribution in [3.8, 4) is 11.1 Å². The smallest absolute Gasteiger partial charge is 0.338 e. The van der Waals surface area contributed by atoms with Crippen LogP contribution in [0.5, 0.6) is 0 Å². The minimum Gasteiger partial charge on any atom is -0.465 e. The highest BCUT2D eigenvalue weighted by atomic mass is 35.5. The lowest BCUT2D eigenvalue weighted by atomic mass is 9.98. The number of aryl methyl sites for hydroxylation is 1. The van der Waals surface area contributed by atoms with Gasteiger partial charge in [-0.1, -0.05) is 97.7 Å². The zero-order valence-electron chi connectivity index (χ0n) is 20.7. The summed E-state index contributed by atoms with van der Waals surface area (Å²) < 4.78 is 7.10. The average Bonchev–Trinajstić information content (AvgIpc) is 3.21. The summed E-state index contributed by atoms with van der Waals surface area (Å²) in [5.41, 5.74) is 5.42. The number of benzene rings is 3. The fourth-order valence-electron chi connectivity index (χ4n) is 4.12. The Kier molecular flexibility index (Phi) is 8.69. The summed E-state index contributed by atoms with van der Waals surface area (Å²) >= 11 is 6.58. The van der Waals surface area contributed by atoms with Crippen LogP contribution in [0.1, 0.15) is 52.8 Å². The van der Waals surface area contributed by atoms with E-state index in [9.17, 15) is 4.79 Å². The van der Waals surface area contributed by atoms with Crippen LogP contribution in [0.3, 0.4) is 0 Å². The maximum Gasteiger partial charge on any atom is 0.338 e. The van der Waals surface area contributed by atoms with Gasteiger partial charge in [0, 0.05) is 19.2 Å². The molecule has 0 unspecified atom stereocenters. The van der Waals surface area contributed by atoms with Crippen molar-refractivity contribution in [1.82, 2.24) is 9.55 Å². The molecule has 0 aliphatic heterocycles. The fourth-order valence-corrected chi connectivity index (χ4v) is 4.37. The van der Waals surface area contributed by atoms with Crippen molar-refractivity contribution in [3.63, 3.8) is 0 Å². The Balaban J connectivity index is 1.60. The molecule has 0 fully saturated rings. The van der Waals surface area contributed by atoms with E-state index in [-0.39, 0.29) is 5.97 Å². The van der Waals surface area contributed by atoms with Crippen LogP contribution < -0.4 is 0 Å². The van der Waals surface area contributed by atoms with Gasteiger partial charge in [-0.15, -0.1) is 0 Å². The van der Waals surface area contributed by atoms with E-state index in [4.69, 9.17) is 16.3 Å². The number of esters is 1. The SMILES string of the molecule is CCCCc1nc(Cl)c(C=NCc2ccccc2)n1Cc1ccc(-c2ccccc2C(=O)OC)cc1. The molecule has 0 N–H and O–H groups in total. The van der Waals surface area contributed by atoms with Gasteiger partial charge in [-0.05, 0) is 34.7 Å². The Morgan fingerprint density at radius 2 is 1.72 bits per heavy atom. The van der Waals surface area contributed by atoms with Gasteiger partial charge < -0.3 is 9.30 Å². The first kappa shape index (κ1) is 25.4. The number of carbonyl (C=O) groups is 1. The second-order valence-electron chi connectivity index (χ2n) is 8.58. The van der Waals surface area contributed by atoms with Gasteiger partial charge in [0.25, 0.3) is 0 Å². The number of nitrogens with zero attached hydrogens (tertiary/aromatic N) is 3. The number of carbonyl (C=O) groups excluding carboxylic acids is 1. The van der Waals surface area contributed by atoms with Crippen molar-refractivity contribution >= 4 is 23.8 Å². The van der Waals surface area contributed by atoms with Gasteiger partial charge >= 0.3 is 5.97 Å². The van der Waals surface area contributed by atoms with Crippen molar-refractivity contribution < 1.29 is 9.53 Å². The molecule has 0 aliphatic rings. The van der Waals surface area contributed by atoms with Crippen molar-refractivity contribution in [2.24, 2.45) is 4.99 Å². The van der Waals surface area contributed by atoms with E-state index in [1.54, 1.807) is 6.07 Å². The van der Waals surface area contributed by atoms with E-state index >= 15 is 0 Å². The zero-order valence-corrected chi connectivity index (χ0v) is 21.4. The van der Waals surface area contributed by atoms with Gasteiger partial charge in [-0.2, -0.15) is 0 Å². The molecule has 5 nitrogen and oxygen atoms in total. The lowest BCUT2D eigenvalue weighted by Gasteiger charge is -2.12. The van der Waals surface area contributed by atoms with E-state index in [1.165, 1.54) is 7.11 Å². The number of imidazole rings is 1. The molecule has 4 rings (SSSR count). The maximum absolute atomic E-state index is 12.2.